The molecule has 5 heteroatoms. The molecule has 0 aliphatic heterocycles. The predicted octanol–water partition coefficient (Wildman–Crippen LogP) is 3.89. The minimum Gasteiger partial charge on any atom is -0.496 e. The molecular formula is C16H15IO4. The number of ether oxygens (including phenoxy) is 2. The summed E-state index contributed by atoms with van der Waals surface area (Å²) < 4.78 is 11.8. The van der Waals surface area contributed by atoms with Crippen LogP contribution in [0.25, 0.3) is 0 Å². The zero-order valence-electron chi connectivity index (χ0n) is 11.7. The van der Waals surface area contributed by atoms with Crippen LogP contribution in [0.4, 0.5) is 0 Å². The Kier molecular flexibility index (Phi) is 5.06. The Bertz CT molecular complexity index is 667. The highest BCUT2D eigenvalue weighted by Gasteiger charge is 2.13. The lowest BCUT2D eigenvalue weighted by atomic mass is 10.1. The van der Waals surface area contributed by atoms with Crippen LogP contribution in [0, 0.1) is 10.5 Å². The maximum Gasteiger partial charge on any atom is 0.339 e. The van der Waals surface area contributed by atoms with Gasteiger partial charge in [-0.2, -0.15) is 0 Å². The first kappa shape index (κ1) is 15.6. The van der Waals surface area contributed by atoms with Gasteiger partial charge in [0.1, 0.15) is 23.7 Å². The van der Waals surface area contributed by atoms with Crippen molar-refractivity contribution < 1.29 is 19.4 Å². The minimum atomic E-state index is -1.00. The van der Waals surface area contributed by atoms with Crippen molar-refractivity contribution in [2.75, 3.05) is 7.11 Å². The first-order valence-corrected chi connectivity index (χ1v) is 7.38. The van der Waals surface area contributed by atoms with E-state index in [2.05, 4.69) is 22.6 Å². The molecule has 0 bridgehead atoms. The second-order valence-electron chi connectivity index (χ2n) is 4.55. The molecule has 2 aromatic rings. The zero-order chi connectivity index (χ0) is 15.4. The van der Waals surface area contributed by atoms with E-state index < -0.39 is 5.97 Å². The summed E-state index contributed by atoms with van der Waals surface area (Å²) in [5.41, 5.74) is 2.14. The molecule has 0 saturated heterocycles. The van der Waals surface area contributed by atoms with E-state index in [1.165, 1.54) is 0 Å². The SMILES string of the molecule is COc1ccc(C)cc1COc1ccc(I)cc1C(=O)O. The van der Waals surface area contributed by atoms with E-state index in [0.717, 1.165) is 20.4 Å². The molecule has 2 aromatic carbocycles. The third-order valence-corrected chi connectivity index (χ3v) is 3.66. The summed E-state index contributed by atoms with van der Waals surface area (Å²) in [6, 6.07) is 10.9. The van der Waals surface area contributed by atoms with E-state index in [-0.39, 0.29) is 12.2 Å². The summed E-state index contributed by atoms with van der Waals surface area (Å²) >= 11 is 2.07. The molecule has 1 N–H and O–H groups in total. The van der Waals surface area contributed by atoms with Crippen LogP contribution in [-0.4, -0.2) is 18.2 Å². The topological polar surface area (TPSA) is 55.8 Å². The van der Waals surface area contributed by atoms with Crippen LogP contribution in [0.5, 0.6) is 11.5 Å². The van der Waals surface area contributed by atoms with Gasteiger partial charge in [-0.1, -0.05) is 11.6 Å². The van der Waals surface area contributed by atoms with Crippen LogP contribution in [0.2, 0.25) is 0 Å². The Morgan fingerprint density at radius 3 is 2.57 bits per heavy atom. The number of carboxylic acid groups (broad SMARTS) is 1. The molecule has 0 saturated carbocycles. The molecule has 110 valence electrons. The average molecular weight is 398 g/mol. The molecule has 0 heterocycles. The molecule has 0 spiro atoms. The largest absolute Gasteiger partial charge is 0.496 e. The fraction of sp³-hybridized carbons (Fsp3) is 0.188. The minimum absolute atomic E-state index is 0.161. The van der Waals surface area contributed by atoms with Crippen molar-refractivity contribution in [1.82, 2.24) is 0 Å². The van der Waals surface area contributed by atoms with Gasteiger partial charge in [-0.15, -0.1) is 0 Å². The van der Waals surface area contributed by atoms with Crippen LogP contribution >= 0.6 is 22.6 Å². The molecule has 0 radical (unpaired) electrons. The number of rotatable bonds is 5. The fourth-order valence-electron chi connectivity index (χ4n) is 1.97. The van der Waals surface area contributed by atoms with Gasteiger partial charge in [0.05, 0.1) is 7.11 Å². The van der Waals surface area contributed by atoms with Crippen molar-refractivity contribution >= 4 is 28.6 Å². The highest BCUT2D eigenvalue weighted by atomic mass is 127. The number of aromatic carboxylic acids is 1. The smallest absolute Gasteiger partial charge is 0.339 e. The fourth-order valence-corrected chi connectivity index (χ4v) is 2.46. The summed E-state index contributed by atoms with van der Waals surface area (Å²) in [7, 11) is 1.60. The third-order valence-electron chi connectivity index (χ3n) is 2.99. The van der Waals surface area contributed by atoms with Crippen molar-refractivity contribution in [1.29, 1.82) is 0 Å². The van der Waals surface area contributed by atoms with Gasteiger partial charge < -0.3 is 14.6 Å². The van der Waals surface area contributed by atoms with Gasteiger partial charge in [0.2, 0.25) is 0 Å². The number of halogens is 1. The molecule has 0 aliphatic carbocycles. The van der Waals surface area contributed by atoms with Gasteiger partial charge in [-0.25, -0.2) is 4.79 Å². The Morgan fingerprint density at radius 2 is 1.90 bits per heavy atom. The van der Waals surface area contributed by atoms with Crippen LogP contribution < -0.4 is 9.47 Å². The first-order chi connectivity index (χ1) is 10.0. The number of hydrogen-bond donors (Lipinski definition) is 1. The van der Waals surface area contributed by atoms with Crippen molar-refractivity contribution in [2.45, 2.75) is 13.5 Å². The summed E-state index contributed by atoms with van der Waals surface area (Å²) in [5.74, 6) is 0.0779. The molecule has 21 heavy (non-hydrogen) atoms. The highest BCUT2D eigenvalue weighted by molar-refractivity contribution is 14.1. The van der Waals surface area contributed by atoms with Gasteiger partial charge in [0.25, 0.3) is 0 Å². The molecule has 4 nitrogen and oxygen atoms in total. The normalized spacial score (nSPS) is 10.2. The van der Waals surface area contributed by atoms with Crippen molar-refractivity contribution in [3.63, 3.8) is 0 Å². The van der Waals surface area contributed by atoms with Gasteiger partial charge in [0, 0.05) is 9.13 Å². The molecule has 2 rings (SSSR count). The Hall–Kier alpha value is -1.76. The lowest BCUT2D eigenvalue weighted by Gasteiger charge is -2.13. The summed E-state index contributed by atoms with van der Waals surface area (Å²) in [6.07, 6.45) is 0. The van der Waals surface area contributed by atoms with Crippen LogP contribution in [0.3, 0.4) is 0 Å². The van der Waals surface area contributed by atoms with E-state index >= 15 is 0 Å². The summed E-state index contributed by atoms with van der Waals surface area (Å²) in [6.45, 7) is 2.24. The van der Waals surface area contributed by atoms with E-state index in [1.54, 1.807) is 19.2 Å². The van der Waals surface area contributed by atoms with E-state index in [0.29, 0.717) is 5.75 Å². The maximum absolute atomic E-state index is 11.3. The Balaban J connectivity index is 2.24. The maximum atomic E-state index is 11.3. The molecule has 0 amide bonds. The number of benzene rings is 2. The Morgan fingerprint density at radius 1 is 1.19 bits per heavy atom. The number of carbonyl (C=O) groups is 1. The Labute approximate surface area is 136 Å². The van der Waals surface area contributed by atoms with Crippen molar-refractivity contribution in [3.8, 4) is 11.5 Å². The number of carboxylic acids is 1. The van der Waals surface area contributed by atoms with E-state index in [9.17, 15) is 9.90 Å². The average Bonchev–Trinajstić information content (AvgIpc) is 2.46. The number of methoxy groups -OCH3 is 1. The van der Waals surface area contributed by atoms with Gasteiger partial charge >= 0.3 is 5.97 Å². The van der Waals surface area contributed by atoms with E-state index in [1.807, 2.05) is 31.2 Å². The molecule has 0 aromatic heterocycles. The predicted molar refractivity (Wildman–Crippen MR) is 88.2 cm³/mol. The lowest BCUT2D eigenvalue weighted by molar-refractivity contribution is 0.0691. The van der Waals surface area contributed by atoms with Gasteiger partial charge in [-0.05, 0) is 59.8 Å². The van der Waals surface area contributed by atoms with Crippen molar-refractivity contribution in [3.05, 3.63) is 56.7 Å². The summed E-state index contributed by atoms with van der Waals surface area (Å²) in [5, 5.41) is 9.22. The molecule has 0 atom stereocenters. The van der Waals surface area contributed by atoms with Gasteiger partial charge in [-0.3, -0.25) is 0 Å². The van der Waals surface area contributed by atoms with Crippen molar-refractivity contribution in [2.24, 2.45) is 0 Å². The lowest BCUT2D eigenvalue weighted by Crippen LogP contribution is -2.05. The van der Waals surface area contributed by atoms with Crippen LogP contribution in [0.1, 0.15) is 21.5 Å². The zero-order valence-corrected chi connectivity index (χ0v) is 13.9. The monoisotopic (exact) mass is 398 g/mol. The molecular weight excluding hydrogens is 383 g/mol. The summed E-state index contributed by atoms with van der Waals surface area (Å²) in [4.78, 5) is 11.3. The van der Waals surface area contributed by atoms with E-state index in [4.69, 9.17) is 9.47 Å². The number of aryl methyl sites for hydroxylation is 1. The third kappa shape index (κ3) is 3.87. The number of hydrogen-bond acceptors (Lipinski definition) is 3. The molecule has 0 aliphatic rings. The highest BCUT2D eigenvalue weighted by Crippen LogP contribution is 2.25. The van der Waals surface area contributed by atoms with Crippen LogP contribution in [0.15, 0.2) is 36.4 Å². The first-order valence-electron chi connectivity index (χ1n) is 6.30. The van der Waals surface area contributed by atoms with Gasteiger partial charge in [0.15, 0.2) is 0 Å². The quantitative estimate of drug-likeness (QED) is 0.777. The second kappa shape index (κ2) is 6.80. The molecule has 0 unspecified atom stereocenters. The second-order valence-corrected chi connectivity index (χ2v) is 5.80. The standard InChI is InChI=1S/C16H15IO4/c1-10-3-5-14(20-2)11(7-10)9-21-15-6-4-12(17)8-13(15)16(18)19/h3-8H,9H2,1-2H3,(H,18,19). The van der Waals surface area contributed by atoms with Crippen LogP contribution in [-0.2, 0) is 6.61 Å². The molecule has 0 fully saturated rings.